The number of aromatic nitrogens is 1. The molecule has 0 unspecified atom stereocenters. The Balaban J connectivity index is 2.08. The van der Waals surface area contributed by atoms with Gasteiger partial charge in [-0.3, -0.25) is 4.79 Å². The van der Waals surface area contributed by atoms with E-state index in [9.17, 15) is 4.79 Å². The smallest absolute Gasteiger partial charge is 0.255 e. The molecule has 0 spiro atoms. The Morgan fingerprint density at radius 1 is 1.12 bits per heavy atom. The zero-order valence-corrected chi connectivity index (χ0v) is 14.3. The molecule has 0 saturated heterocycles. The highest BCUT2D eigenvalue weighted by atomic mass is 16.5. The molecule has 0 radical (unpaired) electrons. The first-order chi connectivity index (χ1) is 11.7. The number of nitrogens with zero attached hydrogens (tertiary/aromatic N) is 1. The minimum absolute atomic E-state index is 0.205. The van der Waals surface area contributed by atoms with Gasteiger partial charge in [0.1, 0.15) is 5.82 Å². The fourth-order valence-corrected chi connectivity index (χ4v) is 2.18. The van der Waals surface area contributed by atoms with Gasteiger partial charge in [-0.1, -0.05) is 13.3 Å². The lowest BCUT2D eigenvalue weighted by Gasteiger charge is -2.11. The van der Waals surface area contributed by atoms with Gasteiger partial charge < -0.3 is 20.1 Å². The Bertz CT molecular complexity index is 689. The van der Waals surface area contributed by atoms with Crippen molar-refractivity contribution in [2.75, 3.05) is 31.4 Å². The van der Waals surface area contributed by atoms with Crippen molar-refractivity contribution in [2.45, 2.75) is 19.8 Å². The van der Waals surface area contributed by atoms with Crippen LogP contribution < -0.4 is 20.1 Å². The summed E-state index contributed by atoms with van der Waals surface area (Å²) in [7, 11) is 3.13. The number of unbranched alkanes of at least 4 members (excludes halogenated alkanes) is 1. The number of amides is 1. The van der Waals surface area contributed by atoms with Crippen LogP contribution in [0.3, 0.4) is 0 Å². The molecule has 24 heavy (non-hydrogen) atoms. The lowest BCUT2D eigenvalue weighted by atomic mass is 10.2. The number of benzene rings is 1. The first kappa shape index (κ1) is 17.6. The van der Waals surface area contributed by atoms with Crippen LogP contribution in [0.1, 0.15) is 30.1 Å². The third-order valence-electron chi connectivity index (χ3n) is 3.50. The number of carbonyl (C=O) groups excluding carboxylic acids is 1. The molecule has 1 amide bonds. The van der Waals surface area contributed by atoms with Gasteiger partial charge in [0.2, 0.25) is 0 Å². The summed E-state index contributed by atoms with van der Waals surface area (Å²) >= 11 is 0. The zero-order chi connectivity index (χ0) is 17.4. The molecule has 0 fully saturated rings. The van der Waals surface area contributed by atoms with Crippen molar-refractivity contribution in [3.05, 3.63) is 42.1 Å². The van der Waals surface area contributed by atoms with Gasteiger partial charge in [0, 0.05) is 30.1 Å². The second kappa shape index (κ2) is 8.76. The highest BCUT2D eigenvalue weighted by molar-refractivity contribution is 6.04. The van der Waals surface area contributed by atoms with E-state index in [1.165, 1.54) is 0 Å². The molecule has 0 aliphatic heterocycles. The van der Waals surface area contributed by atoms with Crippen LogP contribution >= 0.6 is 0 Å². The first-order valence-electron chi connectivity index (χ1n) is 7.91. The number of anilines is 2. The molecule has 2 rings (SSSR count). The molecular formula is C18H23N3O3. The molecule has 128 valence electrons. The number of hydrogen-bond acceptors (Lipinski definition) is 5. The van der Waals surface area contributed by atoms with Crippen LogP contribution in [0.5, 0.6) is 11.5 Å². The molecule has 1 aromatic heterocycles. The summed E-state index contributed by atoms with van der Waals surface area (Å²) in [5.41, 5.74) is 1.17. The molecule has 0 aliphatic rings. The molecule has 1 aromatic carbocycles. The topological polar surface area (TPSA) is 72.5 Å². The minimum Gasteiger partial charge on any atom is -0.493 e. The monoisotopic (exact) mass is 329 g/mol. The van der Waals surface area contributed by atoms with Gasteiger partial charge in [0.25, 0.3) is 5.91 Å². The highest BCUT2D eigenvalue weighted by Crippen LogP contribution is 2.29. The van der Waals surface area contributed by atoms with Crippen molar-refractivity contribution in [1.29, 1.82) is 0 Å². The van der Waals surface area contributed by atoms with Crippen LogP contribution in [0.4, 0.5) is 11.5 Å². The summed E-state index contributed by atoms with van der Waals surface area (Å²) in [6, 6.07) is 8.66. The van der Waals surface area contributed by atoms with E-state index in [4.69, 9.17) is 9.47 Å². The average Bonchev–Trinajstić information content (AvgIpc) is 2.62. The first-order valence-corrected chi connectivity index (χ1v) is 7.91. The maximum Gasteiger partial charge on any atom is 0.255 e. The van der Waals surface area contributed by atoms with Gasteiger partial charge in [0.05, 0.1) is 14.2 Å². The summed E-state index contributed by atoms with van der Waals surface area (Å²) in [4.78, 5) is 16.6. The van der Waals surface area contributed by atoms with E-state index >= 15 is 0 Å². The second-order valence-electron chi connectivity index (χ2n) is 5.23. The molecule has 0 aliphatic carbocycles. The molecule has 0 bridgehead atoms. The molecule has 0 saturated carbocycles. The zero-order valence-electron chi connectivity index (χ0n) is 14.3. The molecule has 1 heterocycles. The number of pyridine rings is 1. The summed E-state index contributed by atoms with van der Waals surface area (Å²) in [6.07, 6.45) is 3.79. The van der Waals surface area contributed by atoms with Crippen LogP contribution in [0.2, 0.25) is 0 Å². The average molecular weight is 329 g/mol. The largest absolute Gasteiger partial charge is 0.493 e. The third kappa shape index (κ3) is 4.62. The summed E-state index contributed by atoms with van der Waals surface area (Å²) < 4.78 is 10.4. The third-order valence-corrected chi connectivity index (χ3v) is 3.50. The minimum atomic E-state index is -0.205. The van der Waals surface area contributed by atoms with Crippen LogP contribution in [0.25, 0.3) is 0 Å². The fourth-order valence-electron chi connectivity index (χ4n) is 2.18. The maximum atomic E-state index is 12.4. The summed E-state index contributed by atoms with van der Waals surface area (Å²) in [5.74, 6) is 1.67. The van der Waals surface area contributed by atoms with Crippen molar-refractivity contribution in [3.63, 3.8) is 0 Å². The lowest BCUT2D eigenvalue weighted by molar-refractivity contribution is 0.102. The van der Waals surface area contributed by atoms with Crippen LogP contribution in [0, 0.1) is 0 Å². The standard InChI is InChI=1S/C18H23N3O3/c1-4-5-9-19-17-11-13(8-10-20-17)18(22)21-14-6-7-15(23-2)16(12-14)24-3/h6-8,10-12H,4-5,9H2,1-3H3,(H,19,20)(H,21,22). The van der Waals surface area contributed by atoms with E-state index in [-0.39, 0.29) is 5.91 Å². The van der Waals surface area contributed by atoms with Crippen molar-refractivity contribution in [2.24, 2.45) is 0 Å². The number of methoxy groups -OCH3 is 2. The normalized spacial score (nSPS) is 10.1. The van der Waals surface area contributed by atoms with E-state index in [1.54, 1.807) is 50.7 Å². The molecule has 6 nitrogen and oxygen atoms in total. The molecular weight excluding hydrogens is 306 g/mol. The Morgan fingerprint density at radius 3 is 2.62 bits per heavy atom. The fraction of sp³-hybridized carbons (Fsp3) is 0.333. The number of hydrogen-bond donors (Lipinski definition) is 2. The number of carbonyl (C=O) groups is 1. The van der Waals surface area contributed by atoms with Crippen molar-refractivity contribution in [1.82, 2.24) is 4.98 Å². The van der Waals surface area contributed by atoms with E-state index < -0.39 is 0 Å². The van der Waals surface area contributed by atoms with E-state index in [0.717, 1.165) is 19.4 Å². The van der Waals surface area contributed by atoms with Crippen molar-refractivity contribution in [3.8, 4) is 11.5 Å². The molecule has 2 aromatic rings. The van der Waals surface area contributed by atoms with E-state index in [2.05, 4.69) is 22.5 Å². The molecule has 2 N–H and O–H groups in total. The summed E-state index contributed by atoms with van der Waals surface area (Å²) in [5, 5.41) is 6.06. The van der Waals surface area contributed by atoms with Gasteiger partial charge in [-0.25, -0.2) is 4.98 Å². The Hall–Kier alpha value is -2.76. The van der Waals surface area contributed by atoms with E-state index in [1.807, 2.05) is 0 Å². The van der Waals surface area contributed by atoms with Crippen LogP contribution in [-0.2, 0) is 0 Å². The lowest BCUT2D eigenvalue weighted by Crippen LogP contribution is -2.13. The quantitative estimate of drug-likeness (QED) is 0.725. The predicted molar refractivity (Wildman–Crippen MR) is 95.1 cm³/mol. The predicted octanol–water partition coefficient (Wildman–Crippen LogP) is 3.56. The second-order valence-corrected chi connectivity index (χ2v) is 5.23. The van der Waals surface area contributed by atoms with Gasteiger partial charge in [-0.2, -0.15) is 0 Å². The van der Waals surface area contributed by atoms with E-state index in [0.29, 0.717) is 28.6 Å². The summed E-state index contributed by atoms with van der Waals surface area (Å²) in [6.45, 7) is 2.96. The molecule has 0 atom stereocenters. The Kier molecular flexibility index (Phi) is 6.42. The molecule has 6 heteroatoms. The number of rotatable bonds is 8. The van der Waals surface area contributed by atoms with Gasteiger partial charge in [-0.15, -0.1) is 0 Å². The van der Waals surface area contributed by atoms with Crippen LogP contribution in [0.15, 0.2) is 36.5 Å². The van der Waals surface area contributed by atoms with Gasteiger partial charge in [-0.05, 0) is 30.7 Å². The number of ether oxygens (including phenoxy) is 2. The Morgan fingerprint density at radius 2 is 1.92 bits per heavy atom. The highest BCUT2D eigenvalue weighted by Gasteiger charge is 2.10. The van der Waals surface area contributed by atoms with Crippen LogP contribution in [-0.4, -0.2) is 31.7 Å². The maximum absolute atomic E-state index is 12.4. The van der Waals surface area contributed by atoms with Gasteiger partial charge >= 0.3 is 0 Å². The number of nitrogens with one attached hydrogen (secondary N) is 2. The Labute approximate surface area is 142 Å². The van der Waals surface area contributed by atoms with Gasteiger partial charge in [0.15, 0.2) is 11.5 Å². The SMILES string of the molecule is CCCCNc1cc(C(=O)Nc2ccc(OC)c(OC)c2)ccn1. The van der Waals surface area contributed by atoms with Crippen molar-refractivity contribution >= 4 is 17.4 Å². The van der Waals surface area contributed by atoms with Crippen molar-refractivity contribution < 1.29 is 14.3 Å².